The summed E-state index contributed by atoms with van der Waals surface area (Å²) in [5.74, 6) is 0.558. The van der Waals surface area contributed by atoms with Gasteiger partial charge >= 0.3 is 0 Å². The van der Waals surface area contributed by atoms with Gasteiger partial charge in [0.2, 0.25) is 0 Å². The van der Waals surface area contributed by atoms with Crippen molar-refractivity contribution < 1.29 is 5.11 Å². The number of rotatable bonds is 4. The van der Waals surface area contributed by atoms with Gasteiger partial charge in [-0.25, -0.2) is 0 Å². The van der Waals surface area contributed by atoms with Gasteiger partial charge in [-0.3, -0.25) is 4.90 Å². The Hall–Kier alpha value is -0.160. The van der Waals surface area contributed by atoms with Crippen molar-refractivity contribution >= 4 is 0 Å². The van der Waals surface area contributed by atoms with Crippen molar-refractivity contribution in [2.24, 2.45) is 11.7 Å². The maximum Gasteiger partial charge on any atom is 0.0626 e. The number of likely N-dealkylation sites (N-methyl/N-ethyl adjacent to an activating group) is 1. The van der Waals surface area contributed by atoms with Gasteiger partial charge in [-0.05, 0) is 25.8 Å². The molecule has 1 saturated carbocycles. The van der Waals surface area contributed by atoms with Crippen LogP contribution >= 0.6 is 0 Å². The minimum absolute atomic E-state index is 0.129. The minimum Gasteiger partial charge on any atom is -0.394 e. The number of hydrogen-bond donors (Lipinski definition) is 2. The predicted molar refractivity (Wildman–Crippen MR) is 60.7 cm³/mol. The molecule has 0 bridgehead atoms. The van der Waals surface area contributed by atoms with Gasteiger partial charge in [0.15, 0.2) is 0 Å². The topological polar surface area (TPSA) is 52.7 Å². The Bertz CT molecular complexity index is 212. The molecular formula is C11H23N3O. The molecule has 1 aliphatic carbocycles. The lowest BCUT2D eigenvalue weighted by Gasteiger charge is -2.38. The highest BCUT2D eigenvalue weighted by molar-refractivity contribution is 5.00. The van der Waals surface area contributed by atoms with Crippen LogP contribution in [0.15, 0.2) is 0 Å². The van der Waals surface area contributed by atoms with Crippen molar-refractivity contribution in [1.29, 1.82) is 0 Å². The lowest BCUT2D eigenvalue weighted by molar-refractivity contribution is 0.0873. The summed E-state index contributed by atoms with van der Waals surface area (Å²) in [4.78, 5) is 4.74. The van der Waals surface area contributed by atoms with E-state index in [-0.39, 0.29) is 12.1 Å². The third kappa shape index (κ3) is 2.69. The first-order valence-corrected chi connectivity index (χ1v) is 5.95. The van der Waals surface area contributed by atoms with Crippen LogP contribution in [0.2, 0.25) is 0 Å². The maximum atomic E-state index is 9.42. The third-order valence-corrected chi connectivity index (χ3v) is 3.80. The van der Waals surface area contributed by atoms with Crippen molar-refractivity contribution in [2.45, 2.75) is 18.4 Å². The van der Waals surface area contributed by atoms with Crippen LogP contribution in [0.1, 0.15) is 12.8 Å². The number of piperazine rings is 1. The standard InChI is InChI=1S/C11H23N3O/c1-13-4-6-14(7-5-13)8-11(12,9-15)10-2-3-10/h10,15H,2-9,12H2,1H3. The molecule has 2 rings (SSSR count). The Labute approximate surface area is 92.0 Å². The monoisotopic (exact) mass is 213 g/mol. The van der Waals surface area contributed by atoms with Crippen LogP contribution < -0.4 is 5.73 Å². The summed E-state index contributed by atoms with van der Waals surface area (Å²) >= 11 is 0. The molecule has 1 heterocycles. The second-order valence-electron chi connectivity index (χ2n) is 5.24. The van der Waals surface area contributed by atoms with Crippen molar-refractivity contribution in [3.63, 3.8) is 0 Å². The van der Waals surface area contributed by atoms with Crippen LogP contribution in [-0.2, 0) is 0 Å². The summed E-state index contributed by atoms with van der Waals surface area (Å²) in [6.07, 6.45) is 2.40. The van der Waals surface area contributed by atoms with E-state index < -0.39 is 0 Å². The highest BCUT2D eigenvalue weighted by Crippen LogP contribution is 2.38. The second-order valence-corrected chi connectivity index (χ2v) is 5.24. The van der Waals surface area contributed by atoms with E-state index >= 15 is 0 Å². The number of aliphatic hydroxyl groups is 1. The summed E-state index contributed by atoms with van der Waals surface area (Å²) in [5.41, 5.74) is 5.93. The van der Waals surface area contributed by atoms with Gasteiger partial charge in [-0.1, -0.05) is 0 Å². The van der Waals surface area contributed by atoms with Gasteiger partial charge in [0.05, 0.1) is 12.1 Å². The Morgan fingerprint density at radius 1 is 1.27 bits per heavy atom. The molecule has 1 atom stereocenters. The molecule has 0 aromatic rings. The van der Waals surface area contributed by atoms with E-state index in [9.17, 15) is 5.11 Å². The number of nitrogens with two attached hydrogens (primary N) is 1. The van der Waals surface area contributed by atoms with E-state index in [1.54, 1.807) is 0 Å². The fraction of sp³-hybridized carbons (Fsp3) is 1.00. The Morgan fingerprint density at radius 2 is 1.87 bits per heavy atom. The van der Waals surface area contributed by atoms with Crippen molar-refractivity contribution in [3.05, 3.63) is 0 Å². The fourth-order valence-corrected chi connectivity index (χ4v) is 2.39. The first-order valence-electron chi connectivity index (χ1n) is 5.95. The largest absolute Gasteiger partial charge is 0.394 e. The Morgan fingerprint density at radius 3 is 2.33 bits per heavy atom. The summed E-state index contributed by atoms with van der Waals surface area (Å²) in [6, 6.07) is 0. The lowest BCUT2D eigenvalue weighted by Crippen LogP contribution is -2.58. The molecule has 1 unspecified atom stereocenters. The highest BCUT2D eigenvalue weighted by Gasteiger charge is 2.42. The van der Waals surface area contributed by atoms with Crippen LogP contribution in [0, 0.1) is 5.92 Å². The van der Waals surface area contributed by atoms with E-state index in [0.29, 0.717) is 5.92 Å². The smallest absolute Gasteiger partial charge is 0.0626 e. The molecule has 0 spiro atoms. The molecule has 2 aliphatic rings. The zero-order valence-corrected chi connectivity index (χ0v) is 9.65. The molecule has 0 aromatic heterocycles. The zero-order chi connectivity index (χ0) is 10.9. The van der Waals surface area contributed by atoms with Gasteiger partial charge in [-0.2, -0.15) is 0 Å². The Balaban J connectivity index is 1.84. The highest BCUT2D eigenvalue weighted by atomic mass is 16.3. The number of hydrogen-bond acceptors (Lipinski definition) is 4. The fourth-order valence-electron chi connectivity index (χ4n) is 2.39. The Kier molecular flexibility index (Phi) is 3.30. The lowest BCUT2D eigenvalue weighted by atomic mass is 9.94. The molecule has 88 valence electrons. The molecule has 2 fully saturated rings. The number of nitrogens with zero attached hydrogens (tertiary/aromatic N) is 2. The molecule has 4 nitrogen and oxygen atoms in total. The van der Waals surface area contributed by atoms with Gasteiger partial charge in [0.25, 0.3) is 0 Å². The first-order chi connectivity index (χ1) is 7.14. The average Bonchev–Trinajstić information content (AvgIpc) is 3.05. The first kappa shape index (κ1) is 11.3. The molecule has 3 N–H and O–H groups in total. The molecule has 1 aliphatic heterocycles. The normalized spacial score (nSPS) is 29.0. The van der Waals surface area contributed by atoms with Gasteiger partial charge in [0, 0.05) is 32.7 Å². The second kappa shape index (κ2) is 4.37. The summed E-state index contributed by atoms with van der Waals surface area (Å²) in [7, 11) is 2.15. The van der Waals surface area contributed by atoms with E-state index in [2.05, 4.69) is 16.8 Å². The van der Waals surface area contributed by atoms with E-state index in [1.807, 2.05) is 0 Å². The molecule has 15 heavy (non-hydrogen) atoms. The maximum absolute atomic E-state index is 9.42. The van der Waals surface area contributed by atoms with Gasteiger partial charge in [0.1, 0.15) is 0 Å². The van der Waals surface area contributed by atoms with Crippen LogP contribution in [0.5, 0.6) is 0 Å². The third-order valence-electron chi connectivity index (χ3n) is 3.80. The minimum atomic E-state index is -0.337. The van der Waals surface area contributed by atoms with Gasteiger partial charge < -0.3 is 15.7 Å². The summed E-state index contributed by atoms with van der Waals surface area (Å²) < 4.78 is 0. The average molecular weight is 213 g/mol. The zero-order valence-electron chi connectivity index (χ0n) is 9.65. The van der Waals surface area contributed by atoms with Crippen molar-refractivity contribution in [2.75, 3.05) is 46.4 Å². The van der Waals surface area contributed by atoms with Gasteiger partial charge in [-0.15, -0.1) is 0 Å². The van der Waals surface area contributed by atoms with Crippen LogP contribution in [0.25, 0.3) is 0 Å². The SMILES string of the molecule is CN1CCN(CC(N)(CO)C2CC2)CC1. The summed E-state index contributed by atoms with van der Waals surface area (Å²) in [5, 5.41) is 9.42. The number of aliphatic hydroxyl groups excluding tert-OH is 1. The molecule has 4 heteroatoms. The summed E-state index contributed by atoms with van der Waals surface area (Å²) in [6.45, 7) is 5.40. The molecule has 0 radical (unpaired) electrons. The van der Waals surface area contributed by atoms with E-state index in [1.165, 1.54) is 12.8 Å². The molecule has 0 amide bonds. The molecule has 1 saturated heterocycles. The quantitative estimate of drug-likeness (QED) is 0.650. The predicted octanol–water partition coefficient (Wildman–Crippen LogP) is -0.666. The molecular weight excluding hydrogens is 190 g/mol. The van der Waals surface area contributed by atoms with Crippen LogP contribution in [0.3, 0.4) is 0 Å². The van der Waals surface area contributed by atoms with Crippen molar-refractivity contribution in [3.8, 4) is 0 Å². The van der Waals surface area contributed by atoms with E-state index in [4.69, 9.17) is 5.73 Å². The molecule has 0 aromatic carbocycles. The van der Waals surface area contributed by atoms with Crippen molar-refractivity contribution in [1.82, 2.24) is 9.80 Å². The van der Waals surface area contributed by atoms with E-state index in [0.717, 1.165) is 32.7 Å². The van der Waals surface area contributed by atoms with Crippen LogP contribution in [-0.4, -0.2) is 66.8 Å². The van der Waals surface area contributed by atoms with Crippen LogP contribution in [0.4, 0.5) is 0 Å².